The van der Waals surface area contributed by atoms with Crippen LogP contribution in [0.15, 0.2) is 72.8 Å². The van der Waals surface area contributed by atoms with E-state index in [0.717, 1.165) is 35.6 Å². The maximum Gasteiger partial charge on any atom is 0.255 e. The summed E-state index contributed by atoms with van der Waals surface area (Å²) in [4.78, 5) is 16.0. The fraction of sp³-hybridized carbons (Fsp3) is 0.346. The van der Waals surface area contributed by atoms with E-state index in [-0.39, 0.29) is 17.5 Å². The summed E-state index contributed by atoms with van der Waals surface area (Å²) >= 11 is 0. The Labute approximate surface area is 169 Å². The monoisotopic (exact) mass is 373 g/mol. The number of carbonyl (C=O) groups is 1. The van der Waals surface area contributed by atoms with Crippen LogP contribution in [0.3, 0.4) is 0 Å². The number of rotatable bonds is 6. The van der Waals surface area contributed by atoms with Crippen molar-refractivity contribution in [3.63, 3.8) is 0 Å². The van der Waals surface area contributed by atoms with Gasteiger partial charge in [0.05, 0.1) is 6.04 Å². The van der Waals surface area contributed by atoms with E-state index in [9.17, 15) is 4.79 Å². The van der Waals surface area contributed by atoms with Gasteiger partial charge in [0.25, 0.3) is 5.91 Å². The number of unbranched alkanes of at least 4 members (excludes halogenated alkanes) is 1. The van der Waals surface area contributed by atoms with Crippen molar-refractivity contribution >= 4 is 16.7 Å². The largest absolute Gasteiger partial charge is 0.327 e. The first kappa shape index (κ1) is 20.1. The second-order valence-electron chi connectivity index (χ2n) is 8.44. The number of hydrogen-bond acceptors (Lipinski definition) is 1. The molecule has 3 rings (SSSR count). The predicted molar refractivity (Wildman–Crippen MR) is 119 cm³/mol. The van der Waals surface area contributed by atoms with Crippen molar-refractivity contribution in [2.75, 3.05) is 0 Å². The van der Waals surface area contributed by atoms with Gasteiger partial charge in [-0.3, -0.25) is 4.79 Å². The van der Waals surface area contributed by atoms with Crippen molar-refractivity contribution in [2.45, 2.75) is 58.5 Å². The molecule has 0 aliphatic carbocycles. The zero-order valence-corrected chi connectivity index (χ0v) is 17.5. The number of nitrogens with zero attached hydrogens (tertiary/aromatic N) is 1. The lowest BCUT2D eigenvalue weighted by Crippen LogP contribution is -2.48. The van der Waals surface area contributed by atoms with Gasteiger partial charge in [-0.15, -0.1) is 0 Å². The Hall–Kier alpha value is -2.61. The van der Waals surface area contributed by atoms with Gasteiger partial charge in [-0.05, 0) is 49.6 Å². The molecule has 0 N–H and O–H groups in total. The highest BCUT2D eigenvalue weighted by atomic mass is 16.2. The van der Waals surface area contributed by atoms with Crippen LogP contribution in [-0.2, 0) is 0 Å². The second kappa shape index (κ2) is 8.60. The molecule has 0 saturated carbocycles. The van der Waals surface area contributed by atoms with Crippen LogP contribution < -0.4 is 0 Å². The fourth-order valence-corrected chi connectivity index (χ4v) is 3.97. The predicted octanol–water partition coefficient (Wildman–Crippen LogP) is 7.01. The maximum atomic E-state index is 13.9. The Bertz CT molecular complexity index is 919. The third-order valence-corrected chi connectivity index (χ3v) is 5.29. The summed E-state index contributed by atoms with van der Waals surface area (Å²) in [6.45, 7) is 8.61. The molecular weight excluding hydrogens is 342 g/mol. The first-order chi connectivity index (χ1) is 13.4. The lowest BCUT2D eigenvalue weighted by atomic mass is 9.92. The average molecular weight is 374 g/mol. The Balaban J connectivity index is 2.11. The summed E-state index contributed by atoms with van der Waals surface area (Å²) in [5, 5.41) is 2.12. The van der Waals surface area contributed by atoms with Crippen molar-refractivity contribution in [2.24, 2.45) is 0 Å². The van der Waals surface area contributed by atoms with E-state index < -0.39 is 0 Å². The van der Waals surface area contributed by atoms with Crippen molar-refractivity contribution < 1.29 is 4.79 Å². The van der Waals surface area contributed by atoms with Crippen LogP contribution >= 0.6 is 0 Å². The zero-order chi connectivity index (χ0) is 20.1. The molecule has 3 aromatic carbocycles. The highest BCUT2D eigenvalue weighted by Crippen LogP contribution is 2.35. The molecule has 0 bridgehead atoms. The standard InChI is InChI=1S/C26H31NO/c1-5-6-19-24(21-14-8-7-9-15-21)27(26(2,3)4)25(28)23-18-12-16-20-13-10-11-17-22(20)23/h7-18,24H,5-6,19H2,1-4H3/t24-/m0/s1. The molecule has 1 atom stereocenters. The van der Waals surface area contributed by atoms with Crippen LogP contribution in [0.4, 0.5) is 0 Å². The lowest BCUT2D eigenvalue weighted by Gasteiger charge is -2.42. The summed E-state index contributed by atoms with van der Waals surface area (Å²) in [6, 6.07) is 24.7. The molecule has 0 fully saturated rings. The molecule has 0 unspecified atom stereocenters. The minimum atomic E-state index is -0.289. The number of benzene rings is 3. The molecule has 3 aromatic rings. The summed E-state index contributed by atoms with van der Waals surface area (Å²) in [5.41, 5.74) is 1.70. The topological polar surface area (TPSA) is 20.3 Å². The molecule has 146 valence electrons. The van der Waals surface area contributed by atoms with Gasteiger partial charge in [-0.2, -0.15) is 0 Å². The molecule has 0 aromatic heterocycles. The van der Waals surface area contributed by atoms with Crippen molar-refractivity contribution in [1.82, 2.24) is 4.90 Å². The van der Waals surface area contributed by atoms with Gasteiger partial charge < -0.3 is 4.90 Å². The Morgan fingerprint density at radius 2 is 1.54 bits per heavy atom. The first-order valence-electron chi connectivity index (χ1n) is 10.3. The van der Waals surface area contributed by atoms with Gasteiger partial charge in [0.1, 0.15) is 0 Å². The van der Waals surface area contributed by atoms with E-state index in [0.29, 0.717) is 0 Å². The number of hydrogen-bond donors (Lipinski definition) is 0. The van der Waals surface area contributed by atoms with E-state index in [2.05, 4.69) is 69.0 Å². The molecule has 2 heteroatoms. The molecule has 0 aliphatic heterocycles. The normalized spacial score (nSPS) is 12.7. The third kappa shape index (κ3) is 4.27. The molecule has 2 nitrogen and oxygen atoms in total. The van der Waals surface area contributed by atoms with Crippen molar-refractivity contribution in [1.29, 1.82) is 0 Å². The SMILES string of the molecule is CCCC[C@@H](c1ccccc1)N(C(=O)c1cccc2ccccc12)C(C)(C)C. The molecule has 28 heavy (non-hydrogen) atoms. The molecule has 0 saturated heterocycles. The van der Waals surface area contributed by atoms with Gasteiger partial charge in [-0.1, -0.05) is 86.5 Å². The van der Waals surface area contributed by atoms with E-state index in [1.807, 2.05) is 36.4 Å². The van der Waals surface area contributed by atoms with E-state index in [4.69, 9.17) is 0 Å². The Kier molecular flexibility index (Phi) is 6.18. The Morgan fingerprint density at radius 3 is 2.21 bits per heavy atom. The quantitative estimate of drug-likeness (QED) is 0.455. The van der Waals surface area contributed by atoms with E-state index in [1.165, 1.54) is 5.56 Å². The van der Waals surface area contributed by atoms with Gasteiger partial charge in [-0.25, -0.2) is 0 Å². The van der Waals surface area contributed by atoms with Crippen molar-refractivity contribution in [3.8, 4) is 0 Å². The second-order valence-corrected chi connectivity index (χ2v) is 8.44. The smallest absolute Gasteiger partial charge is 0.255 e. The summed E-state index contributed by atoms with van der Waals surface area (Å²) < 4.78 is 0. The molecule has 0 aliphatic rings. The highest BCUT2D eigenvalue weighted by Gasteiger charge is 2.34. The van der Waals surface area contributed by atoms with Crippen molar-refractivity contribution in [3.05, 3.63) is 83.9 Å². The highest BCUT2D eigenvalue weighted by molar-refractivity contribution is 6.07. The van der Waals surface area contributed by atoms with Gasteiger partial charge >= 0.3 is 0 Å². The third-order valence-electron chi connectivity index (χ3n) is 5.29. The van der Waals surface area contributed by atoms with Gasteiger partial charge in [0, 0.05) is 11.1 Å². The van der Waals surface area contributed by atoms with Crippen LogP contribution in [0.1, 0.15) is 68.9 Å². The lowest BCUT2D eigenvalue weighted by molar-refractivity contribution is 0.0415. The molecule has 0 radical (unpaired) electrons. The van der Waals surface area contributed by atoms with Crippen LogP contribution in [-0.4, -0.2) is 16.3 Å². The summed E-state index contributed by atoms with van der Waals surface area (Å²) in [6.07, 6.45) is 3.17. The number of fused-ring (bicyclic) bond motifs is 1. The van der Waals surface area contributed by atoms with E-state index in [1.54, 1.807) is 0 Å². The minimum Gasteiger partial charge on any atom is -0.327 e. The fourth-order valence-electron chi connectivity index (χ4n) is 3.97. The number of carbonyl (C=O) groups excluding carboxylic acids is 1. The molecule has 0 heterocycles. The average Bonchev–Trinajstić information content (AvgIpc) is 2.70. The Morgan fingerprint density at radius 1 is 0.893 bits per heavy atom. The number of amides is 1. The zero-order valence-electron chi connectivity index (χ0n) is 17.5. The van der Waals surface area contributed by atoms with Gasteiger partial charge in [0.15, 0.2) is 0 Å². The molecule has 0 spiro atoms. The van der Waals surface area contributed by atoms with Crippen LogP contribution in [0.2, 0.25) is 0 Å². The van der Waals surface area contributed by atoms with Crippen LogP contribution in [0, 0.1) is 0 Å². The maximum absolute atomic E-state index is 13.9. The molecular formula is C26H31NO. The van der Waals surface area contributed by atoms with Gasteiger partial charge in [0.2, 0.25) is 0 Å². The summed E-state index contributed by atoms with van der Waals surface area (Å²) in [5.74, 6) is 0.106. The molecule has 1 amide bonds. The van der Waals surface area contributed by atoms with Crippen LogP contribution in [0.25, 0.3) is 10.8 Å². The van der Waals surface area contributed by atoms with E-state index >= 15 is 0 Å². The summed E-state index contributed by atoms with van der Waals surface area (Å²) in [7, 11) is 0. The minimum absolute atomic E-state index is 0.0626. The first-order valence-corrected chi connectivity index (χ1v) is 10.3. The van der Waals surface area contributed by atoms with Crippen LogP contribution in [0.5, 0.6) is 0 Å².